The highest BCUT2D eigenvalue weighted by molar-refractivity contribution is 9.10. The number of nitrogens with one attached hydrogen (secondary N) is 2. The van der Waals surface area contributed by atoms with E-state index in [-0.39, 0.29) is 17.7 Å². The molecule has 2 aromatic rings. The number of aromatic nitrogens is 2. The maximum Gasteiger partial charge on any atom is 0.277 e. The predicted molar refractivity (Wildman–Crippen MR) is 104 cm³/mol. The summed E-state index contributed by atoms with van der Waals surface area (Å²) in [6.07, 6.45) is 2.65. The van der Waals surface area contributed by atoms with Crippen molar-refractivity contribution in [3.63, 3.8) is 0 Å². The molecular formula is C19H23BrN4O2. The molecule has 1 aromatic heterocycles. The molecule has 1 aliphatic heterocycles. The van der Waals surface area contributed by atoms with Crippen molar-refractivity contribution in [3.05, 3.63) is 45.7 Å². The summed E-state index contributed by atoms with van der Waals surface area (Å²) in [5, 5.41) is 9.92. The zero-order chi connectivity index (χ0) is 18.7. The highest BCUT2D eigenvalue weighted by atomic mass is 79.9. The Kier molecular flexibility index (Phi) is 5.76. The van der Waals surface area contributed by atoms with Crippen molar-refractivity contribution in [2.24, 2.45) is 0 Å². The van der Waals surface area contributed by atoms with Crippen LogP contribution in [0.1, 0.15) is 60.8 Å². The lowest BCUT2D eigenvalue weighted by Gasteiger charge is -2.26. The SMILES string of the molecule is CC(C)c1[nH]nc(C(=O)Nc2cccc(CN3CCCCC3=O)c2)c1Br. The van der Waals surface area contributed by atoms with Crippen LogP contribution in [0.5, 0.6) is 0 Å². The van der Waals surface area contributed by atoms with Gasteiger partial charge < -0.3 is 10.2 Å². The predicted octanol–water partition coefficient (Wildman–Crippen LogP) is 4.06. The number of piperidine rings is 1. The summed E-state index contributed by atoms with van der Waals surface area (Å²) in [6, 6.07) is 7.60. The molecule has 2 amide bonds. The summed E-state index contributed by atoms with van der Waals surface area (Å²) >= 11 is 3.45. The fourth-order valence-electron chi connectivity index (χ4n) is 3.06. The van der Waals surface area contributed by atoms with Gasteiger partial charge in [-0.1, -0.05) is 26.0 Å². The van der Waals surface area contributed by atoms with Crippen molar-refractivity contribution in [2.45, 2.75) is 45.6 Å². The molecular weight excluding hydrogens is 396 g/mol. The van der Waals surface area contributed by atoms with Gasteiger partial charge in [-0.05, 0) is 52.4 Å². The van der Waals surface area contributed by atoms with E-state index in [2.05, 4.69) is 31.4 Å². The second-order valence-corrected chi connectivity index (χ2v) is 7.67. The Balaban J connectivity index is 1.70. The molecule has 0 atom stereocenters. The average Bonchev–Trinajstić information content (AvgIpc) is 2.99. The van der Waals surface area contributed by atoms with E-state index in [9.17, 15) is 9.59 Å². The van der Waals surface area contributed by atoms with Gasteiger partial charge in [-0.25, -0.2) is 0 Å². The van der Waals surface area contributed by atoms with Crippen LogP contribution in [0.2, 0.25) is 0 Å². The molecule has 2 heterocycles. The molecule has 1 fully saturated rings. The third kappa shape index (κ3) is 4.15. The normalized spacial score (nSPS) is 14.8. The van der Waals surface area contributed by atoms with Gasteiger partial charge in [0, 0.05) is 25.2 Å². The van der Waals surface area contributed by atoms with Crippen molar-refractivity contribution >= 4 is 33.4 Å². The summed E-state index contributed by atoms with van der Waals surface area (Å²) in [5.74, 6) is 0.169. The largest absolute Gasteiger partial charge is 0.338 e. The number of hydrogen-bond donors (Lipinski definition) is 2. The highest BCUT2D eigenvalue weighted by Crippen LogP contribution is 2.26. The van der Waals surface area contributed by atoms with Gasteiger partial charge in [-0.3, -0.25) is 14.7 Å². The van der Waals surface area contributed by atoms with Gasteiger partial charge >= 0.3 is 0 Å². The van der Waals surface area contributed by atoms with Crippen LogP contribution in [0.4, 0.5) is 5.69 Å². The van der Waals surface area contributed by atoms with E-state index in [1.54, 1.807) is 0 Å². The number of rotatable bonds is 5. The summed E-state index contributed by atoms with van der Waals surface area (Å²) < 4.78 is 0.695. The monoisotopic (exact) mass is 418 g/mol. The molecule has 2 N–H and O–H groups in total. The molecule has 26 heavy (non-hydrogen) atoms. The van der Waals surface area contributed by atoms with E-state index >= 15 is 0 Å². The van der Waals surface area contributed by atoms with Crippen molar-refractivity contribution < 1.29 is 9.59 Å². The van der Waals surface area contributed by atoms with Crippen molar-refractivity contribution in [3.8, 4) is 0 Å². The minimum atomic E-state index is -0.272. The zero-order valence-corrected chi connectivity index (χ0v) is 16.6. The van der Waals surface area contributed by atoms with Crippen LogP contribution in [0.3, 0.4) is 0 Å². The standard InChI is InChI=1S/C19H23BrN4O2/c1-12(2)17-16(20)18(23-22-17)19(26)21-14-7-5-6-13(10-14)11-24-9-4-3-8-15(24)25/h5-7,10,12H,3-4,8-9,11H2,1-2H3,(H,21,26)(H,22,23). The number of benzene rings is 1. The number of halogens is 1. The van der Waals surface area contributed by atoms with Gasteiger partial charge in [-0.2, -0.15) is 5.10 Å². The summed E-state index contributed by atoms with van der Waals surface area (Å²) in [4.78, 5) is 26.4. The van der Waals surface area contributed by atoms with Crippen molar-refractivity contribution in [1.29, 1.82) is 0 Å². The lowest BCUT2D eigenvalue weighted by molar-refractivity contribution is -0.133. The third-order valence-corrected chi connectivity index (χ3v) is 5.31. The van der Waals surface area contributed by atoms with Crippen LogP contribution in [0, 0.1) is 0 Å². The molecule has 1 saturated heterocycles. The number of nitrogens with zero attached hydrogens (tertiary/aromatic N) is 2. The fraction of sp³-hybridized carbons (Fsp3) is 0.421. The van der Waals surface area contributed by atoms with Crippen LogP contribution in [-0.2, 0) is 11.3 Å². The first-order valence-corrected chi connectivity index (χ1v) is 9.67. The van der Waals surface area contributed by atoms with E-state index in [4.69, 9.17) is 0 Å². The molecule has 138 valence electrons. The van der Waals surface area contributed by atoms with E-state index < -0.39 is 0 Å². The second kappa shape index (κ2) is 8.03. The zero-order valence-electron chi connectivity index (χ0n) is 15.0. The lowest BCUT2D eigenvalue weighted by atomic mass is 10.1. The molecule has 0 aliphatic carbocycles. The Bertz CT molecular complexity index is 816. The van der Waals surface area contributed by atoms with Gasteiger partial charge in [0.05, 0.1) is 10.2 Å². The minimum Gasteiger partial charge on any atom is -0.338 e. The number of hydrogen-bond acceptors (Lipinski definition) is 3. The number of amides is 2. The summed E-state index contributed by atoms with van der Waals surface area (Å²) in [6.45, 7) is 5.44. The van der Waals surface area contributed by atoms with E-state index in [0.717, 1.165) is 30.6 Å². The molecule has 0 saturated carbocycles. The molecule has 1 aromatic carbocycles. The maximum absolute atomic E-state index is 12.5. The van der Waals surface area contributed by atoms with E-state index in [0.29, 0.717) is 28.8 Å². The van der Waals surface area contributed by atoms with Crippen molar-refractivity contribution in [1.82, 2.24) is 15.1 Å². The van der Waals surface area contributed by atoms with Crippen LogP contribution in [0.25, 0.3) is 0 Å². The number of carbonyl (C=O) groups excluding carboxylic acids is 2. The number of aromatic amines is 1. The number of likely N-dealkylation sites (tertiary alicyclic amines) is 1. The molecule has 0 unspecified atom stereocenters. The molecule has 1 aliphatic rings. The molecule has 0 bridgehead atoms. The summed E-state index contributed by atoms with van der Waals surface area (Å²) in [5.41, 5.74) is 2.93. The molecule has 7 heteroatoms. The molecule has 0 radical (unpaired) electrons. The number of anilines is 1. The number of carbonyl (C=O) groups is 2. The molecule has 0 spiro atoms. The van der Waals surface area contributed by atoms with Gasteiger partial charge in [0.1, 0.15) is 0 Å². The lowest BCUT2D eigenvalue weighted by Crippen LogP contribution is -2.34. The Morgan fingerprint density at radius 1 is 1.38 bits per heavy atom. The van der Waals surface area contributed by atoms with Crippen LogP contribution in [0.15, 0.2) is 28.7 Å². The Labute approximate surface area is 161 Å². The van der Waals surface area contributed by atoms with Gasteiger partial charge in [-0.15, -0.1) is 0 Å². The van der Waals surface area contributed by atoms with Crippen LogP contribution in [-0.4, -0.2) is 33.5 Å². The fourth-order valence-corrected chi connectivity index (χ4v) is 3.88. The first-order valence-electron chi connectivity index (χ1n) is 8.87. The smallest absolute Gasteiger partial charge is 0.277 e. The number of H-pyrrole nitrogens is 1. The Morgan fingerprint density at radius 3 is 2.88 bits per heavy atom. The van der Waals surface area contributed by atoms with Crippen LogP contribution < -0.4 is 5.32 Å². The Morgan fingerprint density at radius 2 is 2.19 bits per heavy atom. The summed E-state index contributed by atoms with van der Waals surface area (Å²) in [7, 11) is 0. The van der Waals surface area contributed by atoms with E-state index in [1.165, 1.54) is 0 Å². The van der Waals surface area contributed by atoms with Gasteiger partial charge in [0.2, 0.25) is 5.91 Å². The van der Waals surface area contributed by atoms with Gasteiger partial charge in [0.25, 0.3) is 5.91 Å². The topological polar surface area (TPSA) is 78.1 Å². The maximum atomic E-state index is 12.5. The molecule has 6 nitrogen and oxygen atoms in total. The van der Waals surface area contributed by atoms with Gasteiger partial charge in [0.15, 0.2) is 5.69 Å². The van der Waals surface area contributed by atoms with Crippen molar-refractivity contribution in [2.75, 3.05) is 11.9 Å². The third-order valence-electron chi connectivity index (χ3n) is 4.50. The Hall–Kier alpha value is -2.15. The average molecular weight is 419 g/mol. The molecule has 3 rings (SSSR count). The highest BCUT2D eigenvalue weighted by Gasteiger charge is 2.20. The quantitative estimate of drug-likeness (QED) is 0.767. The van der Waals surface area contributed by atoms with E-state index in [1.807, 2.05) is 43.0 Å². The first-order chi connectivity index (χ1) is 12.5. The second-order valence-electron chi connectivity index (χ2n) is 6.88. The van der Waals surface area contributed by atoms with Crippen LogP contribution >= 0.6 is 15.9 Å². The minimum absolute atomic E-state index is 0.201. The first kappa shape index (κ1) is 18.6.